The first-order valence-corrected chi connectivity index (χ1v) is 12.2. The van der Waals surface area contributed by atoms with E-state index in [0.29, 0.717) is 0 Å². The van der Waals surface area contributed by atoms with Gasteiger partial charge < -0.3 is 39.8 Å². The van der Waals surface area contributed by atoms with E-state index >= 15 is 0 Å². The average Bonchev–Trinajstić information content (AvgIpc) is 2.85. The van der Waals surface area contributed by atoms with E-state index in [0.717, 1.165) is 4.57 Å². The largest absolute Gasteiger partial charge is 0.490 e. The molecule has 1 fully saturated rings. The van der Waals surface area contributed by atoms with E-state index in [9.17, 15) is 33.6 Å². The Hall–Kier alpha value is -1.03. The maximum Gasteiger partial charge on any atom is 0.490 e. The molecule has 1 aromatic rings. The molecule has 0 aliphatic carbocycles. The standard InChI is InChI=1S/C10H18N3O14P3/c1-11-6-2-3-13(10(16)12-6)9-8(15)7(14)5(25-9)4-24-29(20,21)27-30(22,23)26-28(17,18)19/h2-3,5,7-9,14-15H,4H2,1H3,(H,20,21)(H,22,23)(H,11,12,16)(H2,17,18,19)/t5-,7+,8?,9-/m1/s1. The molecule has 6 atom stereocenters. The van der Waals surface area contributed by atoms with Gasteiger partial charge in [-0.25, -0.2) is 18.5 Å². The highest BCUT2D eigenvalue weighted by Crippen LogP contribution is 2.66. The van der Waals surface area contributed by atoms with Gasteiger partial charge in [-0.1, -0.05) is 0 Å². The van der Waals surface area contributed by atoms with E-state index in [1.807, 2.05) is 0 Å². The number of anilines is 1. The Morgan fingerprint density at radius 1 is 1.13 bits per heavy atom. The summed E-state index contributed by atoms with van der Waals surface area (Å²) in [6, 6.07) is 1.36. The van der Waals surface area contributed by atoms with E-state index in [-0.39, 0.29) is 5.82 Å². The van der Waals surface area contributed by atoms with Crippen molar-refractivity contribution in [3.05, 3.63) is 22.7 Å². The lowest BCUT2D eigenvalue weighted by Crippen LogP contribution is -2.36. The number of phosphoric ester groups is 1. The summed E-state index contributed by atoms with van der Waals surface area (Å²) in [4.78, 5) is 51.0. The monoisotopic (exact) mass is 497 g/mol. The van der Waals surface area contributed by atoms with Gasteiger partial charge in [0.15, 0.2) is 6.23 Å². The molecule has 3 unspecified atom stereocenters. The van der Waals surface area contributed by atoms with Crippen LogP contribution in [0.25, 0.3) is 0 Å². The summed E-state index contributed by atoms with van der Waals surface area (Å²) < 4.78 is 51.0. The molecule has 0 aromatic carbocycles. The van der Waals surface area contributed by atoms with Crippen molar-refractivity contribution in [1.82, 2.24) is 9.55 Å². The maximum absolute atomic E-state index is 12.0. The molecular weight excluding hydrogens is 479 g/mol. The second kappa shape index (κ2) is 9.22. The van der Waals surface area contributed by atoms with Crippen LogP contribution in [0, 0.1) is 0 Å². The zero-order chi connectivity index (χ0) is 22.9. The molecule has 7 N–H and O–H groups in total. The van der Waals surface area contributed by atoms with Gasteiger partial charge >= 0.3 is 29.2 Å². The van der Waals surface area contributed by atoms with E-state index in [2.05, 4.69) is 23.4 Å². The fourth-order valence-corrected chi connectivity index (χ4v) is 5.34. The molecule has 1 aromatic heterocycles. The van der Waals surface area contributed by atoms with Gasteiger partial charge in [-0.3, -0.25) is 9.09 Å². The minimum absolute atomic E-state index is 0.216. The lowest BCUT2D eigenvalue weighted by atomic mass is 10.1. The smallest absolute Gasteiger partial charge is 0.387 e. The quantitative estimate of drug-likeness (QED) is 0.187. The number of nitrogens with zero attached hydrogens (tertiary/aromatic N) is 2. The van der Waals surface area contributed by atoms with Gasteiger partial charge in [-0.05, 0) is 6.07 Å². The van der Waals surface area contributed by atoms with Crippen molar-refractivity contribution in [3.63, 3.8) is 0 Å². The van der Waals surface area contributed by atoms with Gasteiger partial charge in [0, 0.05) is 13.2 Å². The van der Waals surface area contributed by atoms with Crippen LogP contribution in [0.1, 0.15) is 6.23 Å². The Labute approximate surface area is 167 Å². The lowest BCUT2D eigenvalue weighted by molar-refractivity contribution is -0.0541. The first kappa shape index (κ1) is 25.2. The summed E-state index contributed by atoms with van der Waals surface area (Å²) in [5.74, 6) is 0.216. The van der Waals surface area contributed by atoms with E-state index in [1.165, 1.54) is 19.3 Å². The number of aliphatic hydroxyl groups excluding tert-OH is 2. The number of aromatic nitrogens is 2. The Kier molecular flexibility index (Phi) is 7.76. The van der Waals surface area contributed by atoms with Gasteiger partial charge in [-0.15, -0.1) is 0 Å². The third-order valence-corrected chi connectivity index (χ3v) is 7.32. The fraction of sp³-hybridized carbons (Fsp3) is 0.600. The molecule has 172 valence electrons. The van der Waals surface area contributed by atoms with Gasteiger partial charge in [0.25, 0.3) is 0 Å². The van der Waals surface area contributed by atoms with Crippen LogP contribution in [0.15, 0.2) is 17.1 Å². The van der Waals surface area contributed by atoms with E-state index in [1.54, 1.807) is 0 Å². The predicted octanol–water partition coefficient (Wildman–Crippen LogP) is -1.75. The first-order valence-electron chi connectivity index (χ1n) is 7.71. The number of nitrogens with one attached hydrogen (secondary N) is 1. The number of aliphatic hydroxyl groups is 2. The minimum atomic E-state index is -5.71. The van der Waals surface area contributed by atoms with Gasteiger partial charge in [0.2, 0.25) is 0 Å². The topological polar surface area (TPSA) is 256 Å². The van der Waals surface area contributed by atoms with Crippen molar-refractivity contribution in [2.24, 2.45) is 0 Å². The number of hydrogen-bond donors (Lipinski definition) is 7. The Bertz CT molecular complexity index is 963. The molecule has 0 radical (unpaired) electrons. The van der Waals surface area contributed by atoms with Crippen LogP contribution in [0.2, 0.25) is 0 Å². The third kappa shape index (κ3) is 6.73. The van der Waals surface area contributed by atoms with Crippen LogP contribution in [-0.4, -0.2) is 71.3 Å². The highest BCUT2D eigenvalue weighted by atomic mass is 31.3. The molecule has 2 rings (SSSR count). The summed E-state index contributed by atoms with van der Waals surface area (Å²) in [6.07, 6.45) is -5.21. The van der Waals surface area contributed by atoms with Crippen molar-refractivity contribution in [1.29, 1.82) is 0 Å². The molecule has 1 aliphatic heterocycles. The Morgan fingerprint density at radius 2 is 1.77 bits per heavy atom. The van der Waals surface area contributed by atoms with Crippen LogP contribution >= 0.6 is 23.5 Å². The summed E-state index contributed by atoms with van der Waals surface area (Å²) in [7, 11) is -15.2. The van der Waals surface area contributed by atoms with E-state index < -0.39 is 60.3 Å². The minimum Gasteiger partial charge on any atom is -0.387 e. The molecule has 30 heavy (non-hydrogen) atoms. The Balaban J connectivity index is 2.06. The molecule has 0 bridgehead atoms. The van der Waals surface area contributed by atoms with Crippen molar-refractivity contribution in [2.75, 3.05) is 19.0 Å². The molecule has 0 spiro atoms. The molecule has 17 nitrogen and oxygen atoms in total. The number of hydrogen-bond acceptors (Lipinski definition) is 12. The predicted molar refractivity (Wildman–Crippen MR) is 93.8 cm³/mol. The zero-order valence-corrected chi connectivity index (χ0v) is 17.5. The molecule has 0 amide bonds. The van der Waals surface area contributed by atoms with Crippen LogP contribution in [0.4, 0.5) is 5.82 Å². The van der Waals surface area contributed by atoms with Crippen molar-refractivity contribution in [3.8, 4) is 0 Å². The van der Waals surface area contributed by atoms with E-state index in [4.69, 9.17) is 19.4 Å². The van der Waals surface area contributed by atoms with Crippen LogP contribution < -0.4 is 11.0 Å². The van der Waals surface area contributed by atoms with Crippen LogP contribution in [0.5, 0.6) is 0 Å². The number of rotatable bonds is 9. The summed E-state index contributed by atoms with van der Waals surface area (Å²) in [6.45, 7) is -1.00. The molecule has 20 heteroatoms. The second-order valence-electron chi connectivity index (χ2n) is 5.69. The third-order valence-electron chi connectivity index (χ3n) is 3.52. The first-order chi connectivity index (χ1) is 13.6. The number of phosphoric acid groups is 3. The molecule has 1 aliphatic rings. The van der Waals surface area contributed by atoms with Crippen LogP contribution in [-0.2, 0) is 31.6 Å². The maximum atomic E-state index is 12.0. The van der Waals surface area contributed by atoms with Crippen molar-refractivity contribution < 1.29 is 61.4 Å². The fourth-order valence-electron chi connectivity index (χ4n) is 2.31. The summed E-state index contributed by atoms with van der Waals surface area (Å²) >= 11 is 0. The lowest BCUT2D eigenvalue weighted by Gasteiger charge is -2.19. The van der Waals surface area contributed by atoms with Gasteiger partial charge in [0.05, 0.1) is 6.61 Å². The van der Waals surface area contributed by atoms with Crippen molar-refractivity contribution >= 4 is 29.3 Å². The summed E-state index contributed by atoms with van der Waals surface area (Å²) in [5, 5.41) is 22.7. The highest BCUT2D eigenvalue weighted by molar-refractivity contribution is 7.66. The Morgan fingerprint density at radius 3 is 2.30 bits per heavy atom. The summed E-state index contributed by atoms with van der Waals surface area (Å²) in [5.41, 5.74) is -0.855. The van der Waals surface area contributed by atoms with Gasteiger partial charge in [-0.2, -0.15) is 13.6 Å². The molecule has 1 saturated heterocycles. The van der Waals surface area contributed by atoms with Gasteiger partial charge in [0.1, 0.15) is 24.1 Å². The zero-order valence-electron chi connectivity index (χ0n) is 14.9. The highest BCUT2D eigenvalue weighted by Gasteiger charge is 2.46. The number of ether oxygens (including phenoxy) is 1. The molecule has 2 heterocycles. The second-order valence-corrected chi connectivity index (χ2v) is 10.1. The molecular formula is C10H18N3O14P3. The van der Waals surface area contributed by atoms with Crippen molar-refractivity contribution in [2.45, 2.75) is 24.5 Å². The molecule has 0 saturated carbocycles. The normalized spacial score (nSPS) is 28.6. The average molecular weight is 497 g/mol. The van der Waals surface area contributed by atoms with Crippen LogP contribution in [0.3, 0.4) is 0 Å². The SMILES string of the molecule is CNc1ccn([C@@H]2O[C@H](COP(=O)(O)OP(=O)(O)OP(=O)(O)O)[C@H](O)C2O)c(=O)n1.